The van der Waals surface area contributed by atoms with Gasteiger partial charge in [0.05, 0.1) is 17.8 Å². The standard InChI is InChI=1S/C32H44F6O4/c1-20-23(18-24(39)19-27(20)40)12-11-22-9-6-16-29(4)25(13-14-26(22)29)21(8-5-15-28(2,3)41)10-7-17-30(42,31(33,34)35)32(36,37)38/h11-12,21,24-27,39-42H,1,5-6,8-10,13-16,18-19H2,2-4H3/b22-11+,23-12-/t21?,24-,25?,26?,27+,29-/m1/s1. The number of aliphatic hydroxyl groups excluding tert-OH is 2. The molecule has 4 nitrogen and oxygen atoms in total. The lowest BCUT2D eigenvalue weighted by molar-refractivity contribution is -0.343. The van der Waals surface area contributed by atoms with Crippen LogP contribution in [-0.4, -0.2) is 56.2 Å². The van der Waals surface area contributed by atoms with Crippen molar-refractivity contribution in [2.24, 2.45) is 23.2 Å². The summed E-state index contributed by atoms with van der Waals surface area (Å²) in [4.78, 5) is 0. The lowest BCUT2D eigenvalue weighted by Crippen LogP contribution is -2.55. The molecular formula is C32H44F6O4. The van der Waals surface area contributed by atoms with Crippen LogP contribution < -0.4 is 0 Å². The molecule has 6 atom stereocenters. The van der Waals surface area contributed by atoms with E-state index >= 15 is 0 Å². The van der Waals surface area contributed by atoms with Crippen LogP contribution in [0.15, 0.2) is 35.5 Å². The van der Waals surface area contributed by atoms with Crippen molar-refractivity contribution in [3.8, 4) is 11.8 Å². The summed E-state index contributed by atoms with van der Waals surface area (Å²) < 4.78 is 79.3. The third kappa shape index (κ3) is 7.64. The maximum Gasteiger partial charge on any atom is 0.438 e. The van der Waals surface area contributed by atoms with Crippen LogP contribution in [0, 0.1) is 35.0 Å². The molecule has 0 aromatic carbocycles. The van der Waals surface area contributed by atoms with E-state index in [1.54, 1.807) is 13.8 Å². The molecule has 42 heavy (non-hydrogen) atoms. The molecule has 0 spiro atoms. The third-order valence-corrected chi connectivity index (χ3v) is 9.69. The van der Waals surface area contributed by atoms with Crippen molar-refractivity contribution in [3.05, 3.63) is 35.5 Å². The molecule has 238 valence electrons. The van der Waals surface area contributed by atoms with Gasteiger partial charge in [-0.25, -0.2) is 0 Å². The number of aliphatic hydroxyl groups is 4. The second kappa shape index (κ2) is 12.7. The monoisotopic (exact) mass is 606 g/mol. The summed E-state index contributed by atoms with van der Waals surface area (Å²) in [6.45, 7) is 9.40. The Kier molecular flexibility index (Phi) is 10.5. The molecule has 0 amide bonds. The molecule has 0 aromatic heterocycles. The Labute approximate surface area is 244 Å². The fourth-order valence-corrected chi connectivity index (χ4v) is 7.37. The van der Waals surface area contributed by atoms with Crippen molar-refractivity contribution in [3.63, 3.8) is 0 Å². The molecule has 10 heteroatoms. The maximum absolute atomic E-state index is 13.2. The van der Waals surface area contributed by atoms with Crippen molar-refractivity contribution in [1.29, 1.82) is 0 Å². The van der Waals surface area contributed by atoms with E-state index in [1.807, 2.05) is 12.2 Å². The maximum atomic E-state index is 13.2. The number of halogens is 6. The Morgan fingerprint density at radius 3 is 2.29 bits per heavy atom. The summed E-state index contributed by atoms with van der Waals surface area (Å²) in [5.74, 6) is 3.04. The molecule has 0 radical (unpaired) electrons. The lowest BCUT2D eigenvalue weighted by Gasteiger charge is -2.45. The van der Waals surface area contributed by atoms with E-state index in [0.29, 0.717) is 31.3 Å². The van der Waals surface area contributed by atoms with E-state index in [9.17, 15) is 46.8 Å². The van der Waals surface area contributed by atoms with Crippen molar-refractivity contribution < 1.29 is 46.8 Å². The lowest BCUT2D eigenvalue weighted by atomic mass is 9.60. The summed E-state index contributed by atoms with van der Waals surface area (Å²) in [7, 11) is 0. The number of rotatable bonds is 7. The molecule has 4 N–H and O–H groups in total. The van der Waals surface area contributed by atoms with Crippen molar-refractivity contribution in [2.45, 2.75) is 127 Å². The number of hydrogen-bond acceptors (Lipinski definition) is 4. The molecule has 3 saturated carbocycles. The molecule has 3 unspecified atom stereocenters. The van der Waals surface area contributed by atoms with Crippen molar-refractivity contribution in [2.75, 3.05) is 0 Å². The zero-order valence-electron chi connectivity index (χ0n) is 24.6. The van der Waals surface area contributed by atoms with Gasteiger partial charge in [0, 0.05) is 12.8 Å². The first-order valence-electron chi connectivity index (χ1n) is 14.7. The summed E-state index contributed by atoms with van der Waals surface area (Å²) >= 11 is 0. The van der Waals surface area contributed by atoms with Gasteiger partial charge in [-0.15, -0.1) is 0 Å². The molecule has 3 fully saturated rings. The minimum atomic E-state index is -5.99. The van der Waals surface area contributed by atoms with Crippen LogP contribution >= 0.6 is 0 Å². The largest absolute Gasteiger partial charge is 0.438 e. The number of allylic oxidation sites excluding steroid dienone is 3. The second-order valence-corrected chi connectivity index (χ2v) is 13.3. The van der Waals surface area contributed by atoms with Crippen molar-refractivity contribution >= 4 is 0 Å². The van der Waals surface area contributed by atoms with Gasteiger partial charge in [0.2, 0.25) is 0 Å². The summed E-state index contributed by atoms with van der Waals surface area (Å²) in [6.07, 6.45) is -3.56. The predicted molar refractivity (Wildman–Crippen MR) is 148 cm³/mol. The normalized spacial score (nSPS) is 32.1. The number of fused-ring (bicyclic) bond motifs is 1. The van der Waals surface area contributed by atoms with Gasteiger partial charge >= 0.3 is 18.0 Å². The highest BCUT2D eigenvalue weighted by Crippen LogP contribution is 2.60. The van der Waals surface area contributed by atoms with Crippen molar-refractivity contribution in [1.82, 2.24) is 0 Å². The molecule has 3 aliphatic carbocycles. The second-order valence-electron chi connectivity index (χ2n) is 13.3. The fraction of sp³-hybridized carbons (Fsp3) is 0.750. The molecule has 0 aromatic rings. The Morgan fingerprint density at radius 2 is 1.69 bits per heavy atom. The number of alkyl halides is 6. The van der Waals surface area contributed by atoms with E-state index < -0.39 is 35.8 Å². The Morgan fingerprint density at radius 1 is 1.05 bits per heavy atom. The zero-order chi connectivity index (χ0) is 31.7. The molecule has 0 heterocycles. The average molecular weight is 607 g/mol. The van der Waals surface area contributed by atoms with Gasteiger partial charge in [-0.1, -0.05) is 43.6 Å². The topological polar surface area (TPSA) is 80.9 Å². The van der Waals surface area contributed by atoms with Crippen LogP contribution in [0.2, 0.25) is 0 Å². The Hall–Kier alpha value is -1.80. The van der Waals surface area contributed by atoms with Crippen LogP contribution in [-0.2, 0) is 0 Å². The average Bonchev–Trinajstić information content (AvgIpc) is 3.19. The summed E-state index contributed by atoms with van der Waals surface area (Å²) in [5, 5.41) is 40.0. The van der Waals surface area contributed by atoms with E-state index in [2.05, 4.69) is 19.4 Å². The first-order valence-corrected chi connectivity index (χ1v) is 14.7. The van der Waals surface area contributed by atoms with Crippen LogP contribution in [0.1, 0.15) is 91.4 Å². The first-order chi connectivity index (χ1) is 19.2. The zero-order valence-corrected chi connectivity index (χ0v) is 24.6. The van der Waals surface area contributed by atoms with Crippen LogP contribution in [0.3, 0.4) is 0 Å². The molecule has 0 saturated heterocycles. The fourth-order valence-electron chi connectivity index (χ4n) is 7.37. The van der Waals surface area contributed by atoms with Gasteiger partial charge in [0.1, 0.15) is 0 Å². The van der Waals surface area contributed by atoms with Gasteiger partial charge in [-0.05, 0) is 105 Å². The summed E-state index contributed by atoms with van der Waals surface area (Å²) in [5.41, 5.74) is -3.75. The first kappa shape index (κ1) is 34.7. The minimum absolute atomic E-state index is 0.0203. The SMILES string of the molecule is C=C1/C(=C\C=C2/CCC[C@@]3(C)C2CCC3C(CC#CC(O)(C(F)(F)F)C(F)(F)F)CCCC(C)(C)O)C[C@@H](O)C[C@@H]1O. The van der Waals surface area contributed by atoms with Gasteiger partial charge in [0.15, 0.2) is 0 Å². The van der Waals surface area contributed by atoms with E-state index in [0.717, 1.165) is 43.6 Å². The highest BCUT2D eigenvalue weighted by Gasteiger charge is 2.70. The Bertz CT molecular complexity index is 1090. The highest BCUT2D eigenvalue weighted by atomic mass is 19.4. The molecular weight excluding hydrogens is 562 g/mol. The van der Waals surface area contributed by atoms with E-state index in [4.69, 9.17) is 0 Å². The smallest absolute Gasteiger partial charge is 0.393 e. The van der Waals surface area contributed by atoms with Gasteiger partial charge in [-0.2, -0.15) is 26.3 Å². The van der Waals surface area contributed by atoms with Gasteiger partial charge in [0.25, 0.3) is 0 Å². The minimum Gasteiger partial charge on any atom is -0.393 e. The van der Waals surface area contributed by atoms with E-state index in [1.165, 1.54) is 5.57 Å². The molecule has 0 aliphatic heterocycles. The quantitative estimate of drug-likeness (QED) is 0.187. The Balaban J connectivity index is 1.89. The predicted octanol–water partition coefficient (Wildman–Crippen LogP) is 6.93. The van der Waals surface area contributed by atoms with Crippen LogP contribution in [0.25, 0.3) is 0 Å². The van der Waals surface area contributed by atoms with Crippen LogP contribution in [0.5, 0.6) is 0 Å². The third-order valence-electron chi connectivity index (χ3n) is 9.69. The number of hydrogen-bond donors (Lipinski definition) is 4. The summed E-state index contributed by atoms with van der Waals surface area (Å²) in [6, 6.07) is 0. The molecule has 3 rings (SSSR count). The highest BCUT2D eigenvalue weighted by molar-refractivity contribution is 5.38. The van der Waals surface area contributed by atoms with E-state index in [-0.39, 0.29) is 36.0 Å². The van der Waals surface area contributed by atoms with Crippen LogP contribution in [0.4, 0.5) is 26.3 Å². The molecule has 0 bridgehead atoms. The molecule has 3 aliphatic rings. The van der Waals surface area contributed by atoms with Gasteiger partial charge < -0.3 is 20.4 Å². The van der Waals surface area contributed by atoms with Gasteiger partial charge in [-0.3, -0.25) is 0 Å².